The highest BCUT2D eigenvalue weighted by Gasteiger charge is 2.03. The van der Waals surface area contributed by atoms with Crippen LogP contribution in [0.25, 0.3) is 0 Å². The van der Waals surface area contributed by atoms with Crippen molar-refractivity contribution in [2.24, 2.45) is 0 Å². The van der Waals surface area contributed by atoms with Gasteiger partial charge in [-0.3, -0.25) is 4.79 Å². The average Bonchev–Trinajstić information content (AvgIpc) is 2.81. The zero-order valence-electron chi connectivity index (χ0n) is 8.85. The summed E-state index contributed by atoms with van der Waals surface area (Å²) in [4.78, 5) is 11.6. The Morgan fingerprint density at radius 2 is 1.94 bits per heavy atom. The summed E-state index contributed by atoms with van der Waals surface area (Å²) in [5, 5.41) is 2.80. The first-order valence-corrected chi connectivity index (χ1v) is 5.17. The molecule has 3 heteroatoms. The summed E-state index contributed by atoms with van der Waals surface area (Å²) in [5.74, 6) is 0.768. The zero-order valence-corrected chi connectivity index (χ0v) is 8.85. The van der Waals surface area contributed by atoms with E-state index in [0.29, 0.717) is 13.0 Å². The van der Waals surface area contributed by atoms with E-state index in [4.69, 9.17) is 4.42 Å². The van der Waals surface area contributed by atoms with Crippen molar-refractivity contribution in [3.05, 3.63) is 60.1 Å². The van der Waals surface area contributed by atoms with Gasteiger partial charge in [-0.1, -0.05) is 30.3 Å². The fourth-order valence-electron chi connectivity index (χ4n) is 1.44. The van der Waals surface area contributed by atoms with Gasteiger partial charge in [0.2, 0.25) is 5.91 Å². The van der Waals surface area contributed by atoms with E-state index in [-0.39, 0.29) is 5.91 Å². The van der Waals surface area contributed by atoms with Gasteiger partial charge in [0.25, 0.3) is 0 Å². The smallest absolute Gasteiger partial charge is 0.224 e. The van der Waals surface area contributed by atoms with Gasteiger partial charge < -0.3 is 9.73 Å². The van der Waals surface area contributed by atoms with Gasteiger partial charge >= 0.3 is 0 Å². The Kier molecular flexibility index (Phi) is 3.38. The summed E-state index contributed by atoms with van der Waals surface area (Å²) < 4.78 is 5.12. The standard InChI is InChI=1S/C13H13NO2/c15-13(9-11-5-2-1-3-6-11)14-10-12-7-4-8-16-12/h1-8H,9-10H2,(H,14,15). The fraction of sp³-hybridized carbons (Fsp3) is 0.154. The summed E-state index contributed by atoms with van der Waals surface area (Å²) in [5.41, 5.74) is 1.01. The molecule has 82 valence electrons. The third kappa shape index (κ3) is 2.98. The first-order chi connectivity index (χ1) is 7.84. The molecule has 0 aliphatic carbocycles. The van der Waals surface area contributed by atoms with Gasteiger partial charge in [0.05, 0.1) is 19.2 Å². The number of carbonyl (C=O) groups excluding carboxylic acids is 1. The Morgan fingerprint density at radius 1 is 1.12 bits per heavy atom. The molecular weight excluding hydrogens is 202 g/mol. The highest BCUT2D eigenvalue weighted by atomic mass is 16.3. The Labute approximate surface area is 94.1 Å². The van der Waals surface area contributed by atoms with E-state index < -0.39 is 0 Å². The van der Waals surface area contributed by atoms with Gasteiger partial charge in [-0.25, -0.2) is 0 Å². The quantitative estimate of drug-likeness (QED) is 0.849. The minimum atomic E-state index is 0.00241. The lowest BCUT2D eigenvalue weighted by atomic mass is 10.1. The van der Waals surface area contributed by atoms with Gasteiger partial charge in [-0.2, -0.15) is 0 Å². The Morgan fingerprint density at radius 3 is 2.62 bits per heavy atom. The maximum absolute atomic E-state index is 11.6. The van der Waals surface area contributed by atoms with Crippen LogP contribution < -0.4 is 5.32 Å². The molecule has 0 fully saturated rings. The van der Waals surface area contributed by atoms with Crippen molar-refractivity contribution in [3.8, 4) is 0 Å². The number of hydrogen-bond donors (Lipinski definition) is 1. The summed E-state index contributed by atoms with van der Waals surface area (Å²) in [7, 11) is 0. The molecule has 0 aliphatic rings. The SMILES string of the molecule is O=C(Cc1ccccc1)NCc1ccco1. The van der Waals surface area contributed by atoms with Crippen molar-refractivity contribution < 1.29 is 9.21 Å². The second-order valence-electron chi connectivity index (χ2n) is 3.52. The van der Waals surface area contributed by atoms with Crippen LogP contribution in [-0.2, 0) is 17.8 Å². The van der Waals surface area contributed by atoms with Crippen LogP contribution in [0.15, 0.2) is 53.1 Å². The summed E-state index contributed by atoms with van der Waals surface area (Å²) in [6.07, 6.45) is 2.00. The molecule has 2 rings (SSSR count). The summed E-state index contributed by atoms with van der Waals surface area (Å²) >= 11 is 0. The lowest BCUT2D eigenvalue weighted by Crippen LogP contribution is -2.24. The lowest BCUT2D eigenvalue weighted by molar-refractivity contribution is -0.120. The topological polar surface area (TPSA) is 42.2 Å². The molecule has 1 aromatic carbocycles. The first kappa shape index (κ1) is 10.5. The van der Waals surface area contributed by atoms with Crippen LogP contribution >= 0.6 is 0 Å². The monoisotopic (exact) mass is 215 g/mol. The molecule has 1 heterocycles. The van der Waals surface area contributed by atoms with Gasteiger partial charge in [0.1, 0.15) is 5.76 Å². The molecule has 2 aromatic rings. The number of amides is 1. The molecule has 1 aromatic heterocycles. The zero-order chi connectivity index (χ0) is 11.2. The third-order valence-electron chi connectivity index (χ3n) is 2.25. The minimum Gasteiger partial charge on any atom is -0.467 e. The molecular formula is C13H13NO2. The van der Waals surface area contributed by atoms with Crippen molar-refractivity contribution in [3.63, 3.8) is 0 Å². The number of rotatable bonds is 4. The minimum absolute atomic E-state index is 0.00241. The molecule has 0 bridgehead atoms. The molecule has 3 nitrogen and oxygen atoms in total. The third-order valence-corrected chi connectivity index (χ3v) is 2.25. The van der Waals surface area contributed by atoms with Crippen LogP contribution in [-0.4, -0.2) is 5.91 Å². The van der Waals surface area contributed by atoms with Crippen molar-refractivity contribution in [2.45, 2.75) is 13.0 Å². The van der Waals surface area contributed by atoms with E-state index in [0.717, 1.165) is 11.3 Å². The molecule has 0 radical (unpaired) electrons. The van der Waals surface area contributed by atoms with Crippen molar-refractivity contribution in [1.29, 1.82) is 0 Å². The van der Waals surface area contributed by atoms with E-state index in [9.17, 15) is 4.79 Å². The van der Waals surface area contributed by atoms with Gasteiger partial charge in [-0.05, 0) is 17.7 Å². The van der Waals surface area contributed by atoms with E-state index in [1.807, 2.05) is 36.4 Å². The maximum atomic E-state index is 11.6. The highest BCUT2D eigenvalue weighted by molar-refractivity contribution is 5.78. The molecule has 0 saturated heterocycles. The summed E-state index contributed by atoms with van der Waals surface area (Å²) in [6, 6.07) is 13.3. The number of furan rings is 1. The van der Waals surface area contributed by atoms with E-state index in [1.165, 1.54) is 0 Å². The van der Waals surface area contributed by atoms with Crippen molar-refractivity contribution >= 4 is 5.91 Å². The number of carbonyl (C=O) groups is 1. The molecule has 1 N–H and O–H groups in total. The van der Waals surface area contributed by atoms with E-state index in [2.05, 4.69) is 5.32 Å². The first-order valence-electron chi connectivity index (χ1n) is 5.17. The van der Waals surface area contributed by atoms with Gasteiger partial charge in [0, 0.05) is 0 Å². The molecule has 1 amide bonds. The molecule has 16 heavy (non-hydrogen) atoms. The van der Waals surface area contributed by atoms with Crippen molar-refractivity contribution in [2.75, 3.05) is 0 Å². The van der Waals surface area contributed by atoms with Gasteiger partial charge in [0.15, 0.2) is 0 Å². The second-order valence-corrected chi connectivity index (χ2v) is 3.52. The summed E-state index contributed by atoms with van der Waals surface area (Å²) in [6.45, 7) is 0.443. The van der Waals surface area contributed by atoms with E-state index >= 15 is 0 Å². The van der Waals surface area contributed by atoms with Crippen LogP contribution in [0.2, 0.25) is 0 Å². The largest absolute Gasteiger partial charge is 0.467 e. The molecule has 0 atom stereocenters. The van der Waals surface area contributed by atoms with E-state index in [1.54, 1.807) is 12.3 Å². The van der Waals surface area contributed by atoms with Crippen LogP contribution in [0, 0.1) is 0 Å². The van der Waals surface area contributed by atoms with Gasteiger partial charge in [-0.15, -0.1) is 0 Å². The van der Waals surface area contributed by atoms with Crippen LogP contribution in [0.3, 0.4) is 0 Å². The number of hydrogen-bond acceptors (Lipinski definition) is 2. The Bertz CT molecular complexity index is 434. The van der Waals surface area contributed by atoms with Crippen LogP contribution in [0.5, 0.6) is 0 Å². The van der Waals surface area contributed by atoms with Crippen LogP contribution in [0.1, 0.15) is 11.3 Å². The van der Waals surface area contributed by atoms with Crippen LogP contribution in [0.4, 0.5) is 0 Å². The maximum Gasteiger partial charge on any atom is 0.224 e. The average molecular weight is 215 g/mol. The number of benzene rings is 1. The molecule has 0 spiro atoms. The van der Waals surface area contributed by atoms with Crippen molar-refractivity contribution in [1.82, 2.24) is 5.32 Å². The number of nitrogens with one attached hydrogen (secondary N) is 1. The predicted molar refractivity (Wildman–Crippen MR) is 60.7 cm³/mol. The highest BCUT2D eigenvalue weighted by Crippen LogP contribution is 2.01. The Balaban J connectivity index is 1.81. The molecule has 0 aliphatic heterocycles. The normalized spacial score (nSPS) is 10.0. The molecule has 0 unspecified atom stereocenters. The molecule has 0 saturated carbocycles. The second kappa shape index (κ2) is 5.16. The predicted octanol–water partition coefficient (Wildman–Crippen LogP) is 2.14. The lowest BCUT2D eigenvalue weighted by Gasteiger charge is -2.03. The Hall–Kier alpha value is -2.03. The fourth-order valence-corrected chi connectivity index (χ4v) is 1.44.